The highest BCUT2D eigenvalue weighted by Gasteiger charge is 2.06. The van der Waals surface area contributed by atoms with Gasteiger partial charge in [-0.1, -0.05) is 24.3 Å². The molecule has 0 bridgehead atoms. The molecule has 1 aromatic carbocycles. The van der Waals surface area contributed by atoms with Crippen molar-refractivity contribution in [2.24, 2.45) is 0 Å². The van der Waals surface area contributed by atoms with Crippen molar-refractivity contribution in [3.63, 3.8) is 0 Å². The molecule has 1 N–H and O–H groups in total. The molecule has 0 aliphatic carbocycles. The number of aryl methyl sites for hydroxylation is 2. The van der Waals surface area contributed by atoms with Gasteiger partial charge in [-0.15, -0.1) is 11.3 Å². The Morgan fingerprint density at radius 3 is 2.71 bits per heavy atom. The van der Waals surface area contributed by atoms with Crippen LogP contribution in [0, 0.1) is 0 Å². The molecule has 1 heterocycles. The summed E-state index contributed by atoms with van der Waals surface area (Å²) in [6.07, 6.45) is 3.88. The summed E-state index contributed by atoms with van der Waals surface area (Å²) in [7, 11) is 1.73. The Labute approximate surface area is 148 Å². The predicted molar refractivity (Wildman–Crippen MR) is 99.3 cm³/mol. The number of hydrogen-bond acceptors (Lipinski definition) is 4. The second kappa shape index (κ2) is 9.55. The maximum Gasteiger partial charge on any atom is 0.217 e. The van der Waals surface area contributed by atoms with Gasteiger partial charge in [-0.3, -0.25) is 4.79 Å². The van der Waals surface area contributed by atoms with Gasteiger partial charge < -0.3 is 10.1 Å². The Hall–Kier alpha value is -1.72. The molecular formula is C19H26N2O2S. The molecule has 1 atom stereocenters. The molecule has 5 heteroatoms. The van der Waals surface area contributed by atoms with Gasteiger partial charge in [0.2, 0.25) is 5.91 Å². The number of carbonyl (C=O) groups excluding carboxylic acids is 1. The van der Waals surface area contributed by atoms with Gasteiger partial charge >= 0.3 is 0 Å². The molecule has 130 valence electrons. The third-order valence-electron chi connectivity index (χ3n) is 3.86. The summed E-state index contributed by atoms with van der Waals surface area (Å²) in [5, 5.41) is 6.20. The van der Waals surface area contributed by atoms with E-state index in [0.29, 0.717) is 0 Å². The van der Waals surface area contributed by atoms with Crippen LogP contribution in [0.2, 0.25) is 0 Å². The summed E-state index contributed by atoms with van der Waals surface area (Å²) in [5.41, 5.74) is 3.49. The maximum atomic E-state index is 11.0. The molecular weight excluding hydrogens is 320 g/mol. The van der Waals surface area contributed by atoms with Crippen LogP contribution in [-0.2, 0) is 22.4 Å². The van der Waals surface area contributed by atoms with Gasteiger partial charge in [0.15, 0.2) is 0 Å². The number of ether oxygens (including phenoxy) is 1. The standard InChI is InChI=1S/C19H26N2O2S/c1-14(20-15(2)22)6-7-16-8-10-17(11-9-16)18-13-24-19(21-18)5-4-12-23-3/h8-11,13-14H,4-7,12H2,1-3H3,(H,20,22)/t14-/m1/s1. The summed E-state index contributed by atoms with van der Waals surface area (Å²) >= 11 is 1.71. The minimum atomic E-state index is 0.0303. The first-order valence-electron chi connectivity index (χ1n) is 8.38. The average Bonchev–Trinajstić information content (AvgIpc) is 3.02. The van der Waals surface area contributed by atoms with Gasteiger partial charge in [0.25, 0.3) is 0 Å². The Morgan fingerprint density at radius 2 is 2.04 bits per heavy atom. The molecule has 0 unspecified atom stereocenters. The number of methoxy groups -OCH3 is 1. The van der Waals surface area contributed by atoms with Crippen LogP contribution in [0.15, 0.2) is 29.6 Å². The van der Waals surface area contributed by atoms with Gasteiger partial charge in [0, 0.05) is 44.0 Å². The molecule has 0 fully saturated rings. The first kappa shape index (κ1) is 18.6. The van der Waals surface area contributed by atoms with Crippen molar-refractivity contribution in [2.75, 3.05) is 13.7 Å². The molecule has 2 rings (SSSR count). The summed E-state index contributed by atoms with van der Waals surface area (Å²) in [5.74, 6) is 0.0303. The SMILES string of the molecule is COCCCc1nc(-c2ccc(CC[C@@H](C)NC(C)=O)cc2)cs1. The maximum absolute atomic E-state index is 11.0. The van der Waals surface area contributed by atoms with Crippen molar-refractivity contribution in [1.29, 1.82) is 0 Å². The molecule has 0 saturated carbocycles. The van der Waals surface area contributed by atoms with Gasteiger partial charge in [-0.05, 0) is 31.7 Å². The van der Waals surface area contributed by atoms with Crippen LogP contribution in [-0.4, -0.2) is 30.6 Å². The van der Waals surface area contributed by atoms with E-state index in [1.807, 2.05) is 6.92 Å². The lowest BCUT2D eigenvalue weighted by molar-refractivity contribution is -0.119. The van der Waals surface area contributed by atoms with E-state index in [1.54, 1.807) is 25.4 Å². The van der Waals surface area contributed by atoms with Crippen LogP contribution in [0.1, 0.15) is 37.3 Å². The average molecular weight is 346 g/mol. The Kier molecular flexibility index (Phi) is 7.40. The number of nitrogens with one attached hydrogen (secondary N) is 1. The van der Waals surface area contributed by atoms with Crippen molar-refractivity contribution in [2.45, 2.75) is 45.6 Å². The number of benzene rings is 1. The highest BCUT2D eigenvalue weighted by molar-refractivity contribution is 7.09. The molecule has 0 spiro atoms. The van der Waals surface area contributed by atoms with Crippen LogP contribution in [0.5, 0.6) is 0 Å². The van der Waals surface area contributed by atoms with Crippen molar-refractivity contribution in [3.8, 4) is 11.3 Å². The van der Waals surface area contributed by atoms with Gasteiger partial charge in [-0.2, -0.15) is 0 Å². The fourth-order valence-corrected chi connectivity index (χ4v) is 3.42. The Balaban J connectivity index is 1.88. The summed E-state index contributed by atoms with van der Waals surface area (Å²) in [6.45, 7) is 4.37. The van der Waals surface area contributed by atoms with E-state index in [9.17, 15) is 4.79 Å². The lowest BCUT2D eigenvalue weighted by atomic mass is 10.0. The molecule has 24 heavy (non-hydrogen) atoms. The fourth-order valence-electron chi connectivity index (χ4n) is 2.57. The summed E-state index contributed by atoms with van der Waals surface area (Å²) in [4.78, 5) is 15.7. The van der Waals surface area contributed by atoms with E-state index >= 15 is 0 Å². The first-order chi connectivity index (χ1) is 11.6. The lowest BCUT2D eigenvalue weighted by Gasteiger charge is -2.12. The zero-order valence-electron chi connectivity index (χ0n) is 14.7. The van der Waals surface area contributed by atoms with E-state index in [1.165, 1.54) is 5.56 Å². The Morgan fingerprint density at radius 1 is 1.29 bits per heavy atom. The van der Waals surface area contributed by atoms with E-state index < -0.39 is 0 Å². The number of rotatable bonds is 9. The highest BCUT2D eigenvalue weighted by Crippen LogP contribution is 2.23. The zero-order valence-corrected chi connectivity index (χ0v) is 15.5. The molecule has 0 aliphatic rings. The number of hydrogen-bond donors (Lipinski definition) is 1. The third-order valence-corrected chi connectivity index (χ3v) is 4.76. The van der Waals surface area contributed by atoms with Crippen LogP contribution in [0.3, 0.4) is 0 Å². The van der Waals surface area contributed by atoms with Crippen molar-refractivity contribution in [1.82, 2.24) is 10.3 Å². The zero-order chi connectivity index (χ0) is 17.4. The predicted octanol–water partition coefficient (Wildman–Crippen LogP) is 3.85. The van der Waals surface area contributed by atoms with Crippen molar-refractivity contribution >= 4 is 17.2 Å². The second-order valence-electron chi connectivity index (χ2n) is 6.06. The number of thiazole rings is 1. The smallest absolute Gasteiger partial charge is 0.217 e. The van der Waals surface area contributed by atoms with Crippen LogP contribution >= 0.6 is 11.3 Å². The van der Waals surface area contributed by atoms with Gasteiger partial charge in [0.1, 0.15) is 0 Å². The molecule has 4 nitrogen and oxygen atoms in total. The van der Waals surface area contributed by atoms with Gasteiger partial charge in [0.05, 0.1) is 10.7 Å². The van der Waals surface area contributed by atoms with Crippen LogP contribution in [0.25, 0.3) is 11.3 Å². The minimum Gasteiger partial charge on any atom is -0.385 e. The second-order valence-corrected chi connectivity index (χ2v) is 7.00. The molecule has 1 aromatic heterocycles. The minimum absolute atomic E-state index is 0.0303. The van der Waals surface area contributed by atoms with E-state index in [-0.39, 0.29) is 11.9 Å². The quantitative estimate of drug-likeness (QED) is 0.702. The monoisotopic (exact) mass is 346 g/mol. The largest absolute Gasteiger partial charge is 0.385 e. The lowest BCUT2D eigenvalue weighted by Crippen LogP contribution is -2.30. The van der Waals surface area contributed by atoms with E-state index in [4.69, 9.17) is 9.72 Å². The van der Waals surface area contributed by atoms with Crippen molar-refractivity contribution < 1.29 is 9.53 Å². The topological polar surface area (TPSA) is 51.2 Å². The fraction of sp³-hybridized carbons (Fsp3) is 0.474. The number of carbonyl (C=O) groups is 1. The van der Waals surface area contributed by atoms with E-state index in [0.717, 1.165) is 48.6 Å². The molecule has 0 radical (unpaired) electrons. The van der Waals surface area contributed by atoms with Gasteiger partial charge in [-0.25, -0.2) is 4.98 Å². The Bertz CT molecular complexity index is 637. The normalized spacial score (nSPS) is 12.1. The number of amides is 1. The third kappa shape index (κ3) is 6.06. The summed E-state index contributed by atoms with van der Waals surface area (Å²) in [6, 6.07) is 8.77. The highest BCUT2D eigenvalue weighted by atomic mass is 32.1. The molecule has 2 aromatic rings. The molecule has 0 aliphatic heterocycles. The van der Waals surface area contributed by atoms with Crippen LogP contribution < -0.4 is 5.32 Å². The number of aromatic nitrogens is 1. The number of nitrogens with zero attached hydrogens (tertiary/aromatic N) is 1. The van der Waals surface area contributed by atoms with Crippen LogP contribution in [0.4, 0.5) is 0 Å². The summed E-state index contributed by atoms with van der Waals surface area (Å²) < 4.78 is 5.08. The van der Waals surface area contributed by atoms with E-state index in [2.05, 4.69) is 35.0 Å². The first-order valence-corrected chi connectivity index (χ1v) is 9.26. The molecule has 0 saturated heterocycles. The van der Waals surface area contributed by atoms with Crippen molar-refractivity contribution in [3.05, 3.63) is 40.2 Å². The molecule has 1 amide bonds.